The molecule has 1 saturated carbocycles. The number of halogens is 2. The normalized spacial score (nSPS) is 14.4. The lowest BCUT2D eigenvalue weighted by Gasteiger charge is -2.23. The second kappa shape index (κ2) is 6.77. The molecule has 0 spiro atoms. The number of carbonyl (C=O) groups excluding carboxylic acids is 1. The first-order valence-corrected chi connectivity index (χ1v) is 10.1. The maximum absolute atomic E-state index is 13.1. The van der Waals surface area contributed by atoms with Crippen LogP contribution >= 0.6 is 11.6 Å². The number of hydrogen-bond acceptors (Lipinski definition) is 3. The third kappa shape index (κ3) is 4.19. The van der Waals surface area contributed by atoms with Crippen LogP contribution in [0.5, 0.6) is 0 Å². The molecule has 1 amide bonds. The van der Waals surface area contributed by atoms with Crippen molar-refractivity contribution in [2.75, 3.05) is 6.26 Å². The molecule has 0 aliphatic heterocycles. The van der Waals surface area contributed by atoms with Gasteiger partial charge in [0.15, 0.2) is 9.84 Å². The molecule has 1 fully saturated rings. The summed E-state index contributed by atoms with van der Waals surface area (Å²) >= 11 is 5.95. The second-order valence-corrected chi connectivity index (χ2v) is 8.60. The highest BCUT2D eigenvalue weighted by atomic mass is 35.5. The zero-order valence-corrected chi connectivity index (χ0v) is 15.1. The average molecular weight is 382 g/mol. The number of nitrogens with zero attached hydrogens (tertiary/aromatic N) is 1. The zero-order chi connectivity index (χ0) is 18.2. The predicted molar refractivity (Wildman–Crippen MR) is 93.9 cm³/mol. The van der Waals surface area contributed by atoms with Crippen LogP contribution in [-0.4, -0.2) is 31.5 Å². The number of rotatable bonds is 5. The highest BCUT2D eigenvalue weighted by molar-refractivity contribution is 7.90. The molecule has 0 atom stereocenters. The van der Waals surface area contributed by atoms with Gasteiger partial charge in [0.25, 0.3) is 5.91 Å². The van der Waals surface area contributed by atoms with E-state index in [2.05, 4.69) is 0 Å². The van der Waals surface area contributed by atoms with Crippen molar-refractivity contribution in [3.63, 3.8) is 0 Å². The van der Waals surface area contributed by atoms with Crippen LogP contribution in [-0.2, 0) is 16.4 Å². The van der Waals surface area contributed by atoms with E-state index in [0.29, 0.717) is 6.54 Å². The lowest BCUT2D eigenvalue weighted by Crippen LogP contribution is -2.32. The summed E-state index contributed by atoms with van der Waals surface area (Å²) in [6.07, 6.45) is 2.86. The Morgan fingerprint density at radius 2 is 1.84 bits per heavy atom. The Bertz CT molecular complexity index is 908. The van der Waals surface area contributed by atoms with E-state index in [9.17, 15) is 17.6 Å². The highest BCUT2D eigenvalue weighted by Crippen LogP contribution is 2.31. The van der Waals surface area contributed by atoms with Crippen LogP contribution in [0.4, 0.5) is 4.39 Å². The topological polar surface area (TPSA) is 54.5 Å². The summed E-state index contributed by atoms with van der Waals surface area (Å²) in [5, 5.41) is 0.0931. The van der Waals surface area contributed by atoms with E-state index in [-0.39, 0.29) is 33.2 Å². The molecule has 4 nitrogen and oxygen atoms in total. The van der Waals surface area contributed by atoms with Gasteiger partial charge in [0.05, 0.1) is 9.92 Å². The van der Waals surface area contributed by atoms with E-state index in [1.54, 1.807) is 17.0 Å². The first kappa shape index (κ1) is 17.9. The maximum atomic E-state index is 13.1. The zero-order valence-electron chi connectivity index (χ0n) is 13.6. The van der Waals surface area contributed by atoms with E-state index >= 15 is 0 Å². The smallest absolute Gasteiger partial charge is 0.254 e. The molecule has 0 saturated heterocycles. The van der Waals surface area contributed by atoms with Crippen molar-refractivity contribution < 1.29 is 17.6 Å². The Morgan fingerprint density at radius 1 is 1.20 bits per heavy atom. The van der Waals surface area contributed by atoms with E-state index in [1.807, 2.05) is 0 Å². The largest absolute Gasteiger partial charge is 0.331 e. The lowest BCUT2D eigenvalue weighted by atomic mass is 10.1. The van der Waals surface area contributed by atoms with Gasteiger partial charge in [-0.3, -0.25) is 4.79 Å². The summed E-state index contributed by atoms with van der Waals surface area (Å²) in [5.41, 5.74) is 1.10. The molecule has 0 radical (unpaired) electrons. The second-order valence-electron chi connectivity index (χ2n) is 6.21. The fourth-order valence-electron chi connectivity index (χ4n) is 2.63. The van der Waals surface area contributed by atoms with Crippen LogP contribution in [0, 0.1) is 5.82 Å². The number of sulfone groups is 1. The van der Waals surface area contributed by atoms with Crippen molar-refractivity contribution in [3.8, 4) is 0 Å². The van der Waals surface area contributed by atoms with E-state index in [1.165, 1.54) is 30.3 Å². The summed E-state index contributed by atoms with van der Waals surface area (Å²) < 4.78 is 36.7. The van der Waals surface area contributed by atoms with Crippen molar-refractivity contribution in [1.82, 2.24) is 4.90 Å². The summed E-state index contributed by atoms with van der Waals surface area (Å²) in [7, 11) is -3.53. The number of carbonyl (C=O) groups is 1. The summed E-state index contributed by atoms with van der Waals surface area (Å²) in [5.74, 6) is -0.586. The van der Waals surface area contributed by atoms with Crippen molar-refractivity contribution in [2.24, 2.45) is 0 Å². The molecule has 0 heterocycles. The van der Waals surface area contributed by atoms with Gasteiger partial charge in [-0.25, -0.2) is 12.8 Å². The summed E-state index contributed by atoms with van der Waals surface area (Å²) in [6.45, 7) is 0.348. The molecule has 2 aromatic rings. The van der Waals surface area contributed by atoms with Gasteiger partial charge in [-0.1, -0.05) is 23.7 Å². The average Bonchev–Trinajstić information content (AvgIpc) is 3.38. The molecular weight excluding hydrogens is 365 g/mol. The van der Waals surface area contributed by atoms with Crippen LogP contribution < -0.4 is 0 Å². The first-order valence-electron chi connectivity index (χ1n) is 7.81. The number of hydrogen-bond donors (Lipinski definition) is 0. The SMILES string of the molecule is CS(=O)(=O)c1cc(C(=O)N(Cc2ccc(F)cc2)C2CC2)ccc1Cl. The van der Waals surface area contributed by atoms with E-state index < -0.39 is 9.84 Å². The van der Waals surface area contributed by atoms with Crippen LogP contribution in [0.2, 0.25) is 5.02 Å². The quantitative estimate of drug-likeness (QED) is 0.793. The number of amides is 1. The van der Waals surface area contributed by atoms with E-state index in [4.69, 9.17) is 11.6 Å². The minimum absolute atomic E-state index is 0.0578. The fourth-order valence-corrected chi connectivity index (χ4v) is 3.93. The van der Waals surface area contributed by atoms with Crippen molar-refractivity contribution >= 4 is 27.3 Å². The first-order chi connectivity index (χ1) is 11.8. The highest BCUT2D eigenvalue weighted by Gasteiger charge is 2.33. The third-order valence-corrected chi connectivity index (χ3v) is 5.67. The minimum atomic E-state index is -3.53. The monoisotopic (exact) mass is 381 g/mol. The van der Waals surface area contributed by atoms with Gasteiger partial charge in [0.1, 0.15) is 5.82 Å². The van der Waals surface area contributed by atoms with Gasteiger partial charge in [-0.15, -0.1) is 0 Å². The maximum Gasteiger partial charge on any atom is 0.254 e. The van der Waals surface area contributed by atoms with Gasteiger partial charge in [-0.2, -0.15) is 0 Å². The molecule has 132 valence electrons. The Hall–Kier alpha value is -1.92. The van der Waals surface area contributed by atoms with Crippen molar-refractivity contribution in [1.29, 1.82) is 0 Å². The number of benzene rings is 2. The standard InChI is InChI=1S/C18H17ClFNO3S/c1-25(23,24)17-10-13(4-9-16(17)19)18(22)21(15-7-8-15)11-12-2-5-14(20)6-3-12/h2-6,9-10,15H,7-8,11H2,1H3. The molecule has 7 heteroatoms. The molecular formula is C18H17ClFNO3S. The Labute approximate surface area is 151 Å². The third-order valence-electron chi connectivity index (χ3n) is 4.09. The van der Waals surface area contributed by atoms with Crippen molar-refractivity contribution in [3.05, 3.63) is 64.4 Å². The summed E-state index contributed by atoms with van der Waals surface area (Å²) in [4.78, 5) is 14.5. The van der Waals surface area contributed by atoms with Gasteiger partial charge in [0.2, 0.25) is 0 Å². The molecule has 0 N–H and O–H groups in total. The van der Waals surface area contributed by atoms with E-state index in [0.717, 1.165) is 24.7 Å². The van der Waals surface area contributed by atoms with Gasteiger partial charge in [-0.05, 0) is 48.7 Å². The lowest BCUT2D eigenvalue weighted by molar-refractivity contribution is 0.0729. The molecule has 25 heavy (non-hydrogen) atoms. The Balaban J connectivity index is 1.90. The van der Waals surface area contributed by atoms with Gasteiger partial charge >= 0.3 is 0 Å². The molecule has 0 aromatic heterocycles. The fraction of sp³-hybridized carbons (Fsp3) is 0.278. The predicted octanol–water partition coefficient (Wildman–Crippen LogP) is 3.69. The van der Waals surface area contributed by atoms with Crippen LogP contribution in [0.25, 0.3) is 0 Å². The minimum Gasteiger partial charge on any atom is -0.331 e. The van der Waals surface area contributed by atoms with Crippen LogP contribution in [0.15, 0.2) is 47.4 Å². The molecule has 2 aromatic carbocycles. The Kier molecular flexibility index (Phi) is 4.84. The molecule has 1 aliphatic rings. The molecule has 1 aliphatic carbocycles. The van der Waals surface area contributed by atoms with Crippen LogP contribution in [0.1, 0.15) is 28.8 Å². The molecule has 3 rings (SSSR count). The van der Waals surface area contributed by atoms with Crippen molar-refractivity contribution in [2.45, 2.75) is 30.3 Å². The molecule has 0 unspecified atom stereocenters. The van der Waals surface area contributed by atoms with Crippen LogP contribution in [0.3, 0.4) is 0 Å². The Morgan fingerprint density at radius 3 is 2.40 bits per heavy atom. The van der Waals surface area contributed by atoms with Gasteiger partial charge in [0, 0.05) is 24.4 Å². The summed E-state index contributed by atoms with van der Waals surface area (Å²) in [6, 6.07) is 10.4. The molecule has 0 bridgehead atoms. The van der Waals surface area contributed by atoms with Gasteiger partial charge < -0.3 is 4.90 Å².